The Hall–Kier alpha value is -4.00. The van der Waals surface area contributed by atoms with E-state index in [1.54, 1.807) is 48.5 Å². The average Bonchev–Trinajstić information content (AvgIpc) is 2.82. The quantitative estimate of drug-likeness (QED) is 0.480. The number of likely N-dealkylation sites (N-methyl/N-ethyl adjacent to an activating group) is 1. The molecule has 2 N–H and O–H groups in total. The molecular formula is C25H26N2O5. The minimum atomic E-state index is -0.287. The molecule has 166 valence electrons. The molecule has 7 nitrogen and oxygen atoms in total. The highest BCUT2D eigenvalue weighted by atomic mass is 16.5. The molecule has 32 heavy (non-hydrogen) atoms. The Kier molecular flexibility index (Phi) is 8.50. The van der Waals surface area contributed by atoms with E-state index in [0.717, 1.165) is 11.3 Å². The van der Waals surface area contributed by atoms with E-state index in [2.05, 4.69) is 10.6 Å². The number of ether oxygens (including phenoxy) is 3. The van der Waals surface area contributed by atoms with Crippen LogP contribution in [0.25, 0.3) is 0 Å². The summed E-state index contributed by atoms with van der Waals surface area (Å²) >= 11 is 0. The van der Waals surface area contributed by atoms with Crippen molar-refractivity contribution in [2.45, 2.75) is 13.5 Å². The first-order chi connectivity index (χ1) is 15.6. The zero-order chi connectivity index (χ0) is 22.6. The number of rotatable bonds is 11. The lowest BCUT2D eigenvalue weighted by Gasteiger charge is -2.10. The van der Waals surface area contributed by atoms with Gasteiger partial charge in [0.05, 0.1) is 0 Å². The van der Waals surface area contributed by atoms with E-state index >= 15 is 0 Å². The van der Waals surface area contributed by atoms with Crippen LogP contribution in [0.5, 0.6) is 17.2 Å². The minimum Gasteiger partial charge on any atom is -0.489 e. The summed E-state index contributed by atoms with van der Waals surface area (Å²) in [6, 6.07) is 23.8. The van der Waals surface area contributed by atoms with E-state index in [1.807, 2.05) is 37.3 Å². The number of hydrogen-bond acceptors (Lipinski definition) is 5. The molecule has 0 aromatic heterocycles. The van der Waals surface area contributed by atoms with Gasteiger partial charge in [-0.1, -0.05) is 30.3 Å². The van der Waals surface area contributed by atoms with Gasteiger partial charge in [0.25, 0.3) is 11.8 Å². The van der Waals surface area contributed by atoms with Crippen molar-refractivity contribution >= 4 is 17.5 Å². The molecule has 0 heterocycles. The van der Waals surface area contributed by atoms with E-state index in [4.69, 9.17) is 14.2 Å². The SMILES string of the molecule is CCNC(=O)COc1ccc(NC(=O)COc2ccc(OCc3ccccc3)cc2)cc1. The van der Waals surface area contributed by atoms with Gasteiger partial charge in [-0.3, -0.25) is 9.59 Å². The van der Waals surface area contributed by atoms with Crippen molar-refractivity contribution < 1.29 is 23.8 Å². The van der Waals surface area contributed by atoms with E-state index < -0.39 is 0 Å². The molecule has 3 aromatic carbocycles. The number of amides is 2. The second-order valence-electron chi connectivity index (χ2n) is 6.85. The number of benzene rings is 3. The third kappa shape index (κ3) is 7.68. The fourth-order valence-electron chi connectivity index (χ4n) is 2.75. The van der Waals surface area contributed by atoms with Crippen molar-refractivity contribution in [2.75, 3.05) is 25.1 Å². The van der Waals surface area contributed by atoms with Gasteiger partial charge in [-0.25, -0.2) is 0 Å². The van der Waals surface area contributed by atoms with Crippen LogP contribution in [0.4, 0.5) is 5.69 Å². The van der Waals surface area contributed by atoms with Crippen molar-refractivity contribution in [1.29, 1.82) is 0 Å². The van der Waals surface area contributed by atoms with Gasteiger partial charge >= 0.3 is 0 Å². The first kappa shape index (κ1) is 22.7. The molecule has 2 amide bonds. The molecule has 3 rings (SSSR count). The topological polar surface area (TPSA) is 85.9 Å². The van der Waals surface area contributed by atoms with Gasteiger partial charge < -0.3 is 24.8 Å². The summed E-state index contributed by atoms with van der Waals surface area (Å²) in [6.07, 6.45) is 0. The number of carbonyl (C=O) groups is 2. The van der Waals surface area contributed by atoms with E-state index in [1.165, 1.54) is 0 Å². The van der Waals surface area contributed by atoms with Crippen LogP contribution in [0.2, 0.25) is 0 Å². The highest BCUT2D eigenvalue weighted by Gasteiger charge is 2.06. The standard InChI is InChI=1S/C25H26N2O5/c1-2-26-24(28)17-31-21-10-8-20(9-11-21)27-25(29)18-32-23-14-12-22(13-15-23)30-16-19-6-4-3-5-7-19/h3-15H,2,16-18H2,1H3,(H,26,28)(H,27,29). The zero-order valence-corrected chi connectivity index (χ0v) is 17.9. The molecule has 0 unspecified atom stereocenters. The number of hydrogen-bond donors (Lipinski definition) is 2. The van der Waals surface area contributed by atoms with Crippen LogP contribution in [0.3, 0.4) is 0 Å². The fraction of sp³-hybridized carbons (Fsp3) is 0.200. The maximum atomic E-state index is 12.1. The van der Waals surface area contributed by atoms with Gasteiger partial charge in [-0.2, -0.15) is 0 Å². The number of carbonyl (C=O) groups excluding carboxylic acids is 2. The molecule has 0 saturated heterocycles. The summed E-state index contributed by atoms with van der Waals surface area (Å²) < 4.78 is 16.6. The van der Waals surface area contributed by atoms with Gasteiger partial charge in [-0.05, 0) is 61.0 Å². The predicted octanol–water partition coefficient (Wildman–Crippen LogP) is 3.80. The summed E-state index contributed by atoms with van der Waals surface area (Å²) in [5.41, 5.74) is 1.69. The Labute approximate surface area is 187 Å². The molecule has 3 aromatic rings. The lowest BCUT2D eigenvalue weighted by Crippen LogP contribution is -2.28. The Morgan fingerprint density at radius 1 is 0.688 bits per heavy atom. The normalized spacial score (nSPS) is 10.2. The van der Waals surface area contributed by atoms with Crippen LogP contribution in [-0.4, -0.2) is 31.6 Å². The Morgan fingerprint density at radius 3 is 1.81 bits per heavy atom. The maximum absolute atomic E-state index is 12.1. The zero-order valence-electron chi connectivity index (χ0n) is 17.9. The lowest BCUT2D eigenvalue weighted by atomic mass is 10.2. The van der Waals surface area contributed by atoms with Crippen LogP contribution < -0.4 is 24.8 Å². The third-order valence-corrected chi connectivity index (χ3v) is 4.32. The Morgan fingerprint density at radius 2 is 1.22 bits per heavy atom. The molecular weight excluding hydrogens is 408 g/mol. The summed E-state index contributed by atoms with van der Waals surface area (Å²) in [7, 11) is 0. The summed E-state index contributed by atoms with van der Waals surface area (Å²) in [5, 5.41) is 5.41. The van der Waals surface area contributed by atoms with E-state index in [0.29, 0.717) is 30.3 Å². The fourth-order valence-corrected chi connectivity index (χ4v) is 2.75. The number of nitrogens with one attached hydrogen (secondary N) is 2. The molecule has 0 radical (unpaired) electrons. The molecule has 0 saturated carbocycles. The Balaban J connectivity index is 1.39. The van der Waals surface area contributed by atoms with Crippen LogP contribution >= 0.6 is 0 Å². The lowest BCUT2D eigenvalue weighted by molar-refractivity contribution is -0.123. The third-order valence-electron chi connectivity index (χ3n) is 4.32. The van der Waals surface area contributed by atoms with Gasteiger partial charge in [0.15, 0.2) is 13.2 Å². The van der Waals surface area contributed by atoms with Gasteiger partial charge in [0, 0.05) is 12.2 Å². The highest BCUT2D eigenvalue weighted by Crippen LogP contribution is 2.19. The Bertz CT molecular complexity index is 989. The molecule has 0 spiro atoms. The van der Waals surface area contributed by atoms with Crippen LogP contribution in [0.1, 0.15) is 12.5 Å². The summed E-state index contributed by atoms with van der Waals surface area (Å²) in [5.74, 6) is 1.37. The van der Waals surface area contributed by atoms with Gasteiger partial charge in [0.1, 0.15) is 23.9 Å². The van der Waals surface area contributed by atoms with Crippen LogP contribution in [0.15, 0.2) is 78.9 Å². The first-order valence-electron chi connectivity index (χ1n) is 10.3. The largest absolute Gasteiger partial charge is 0.489 e. The molecule has 0 aliphatic carbocycles. The first-order valence-corrected chi connectivity index (χ1v) is 10.3. The van der Waals surface area contributed by atoms with Crippen LogP contribution in [-0.2, 0) is 16.2 Å². The van der Waals surface area contributed by atoms with E-state index in [9.17, 15) is 9.59 Å². The monoisotopic (exact) mass is 434 g/mol. The van der Waals surface area contributed by atoms with E-state index in [-0.39, 0.29) is 25.0 Å². The van der Waals surface area contributed by atoms with Gasteiger partial charge in [0.2, 0.25) is 0 Å². The van der Waals surface area contributed by atoms with Crippen molar-refractivity contribution in [1.82, 2.24) is 5.32 Å². The molecule has 0 bridgehead atoms. The number of anilines is 1. The van der Waals surface area contributed by atoms with Crippen molar-refractivity contribution in [2.24, 2.45) is 0 Å². The predicted molar refractivity (Wildman–Crippen MR) is 122 cm³/mol. The molecule has 0 aliphatic heterocycles. The molecule has 0 fully saturated rings. The van der Waals surface area contributed by atoms with Gasteiger partial charge in [-0.15, -0.1) is 0 Å². The smallest absolute Gasteiger partial charge is 0.262 e. The summed E-state index contributed by atoms with van der Waals surface area (Å²) in [6.45, 7) is 2.71. The second-order valence-corrected chi connectivity index (χ2v) is 6.85. The molecule has 0 atom stereocenters. The average molecular weight is 434 g/mol. The minimum absolute atomic E-state index is 0.0521. The second kappa shape index (κ2) is 12.0. The maximum Gasteiger partial charge on any atom is 0.262 e. The van der Waals surface area contributed by atoms with Crippen molar-refractivity contribution in [3.8, 4) is 17.2 Å². The van der Waals surface area contributed by atoms with Crippen molar-refractivity contribution in [3.05, 3.63) is 84.4 Å². The molecule has 7 heteroatoms. The summed E-state index contributed by atoms with van der Waals surface area (Å²) in [4.78, 5) is 23.6. The highest BCUT2D eigenvalue weighted by molar-refractivity contribution is 5.91. The van der Waals surface area contributed by atoms with Crippen LogP contribution in [0, 0.1) is 0 Å². The molecule has 0 aliphatic rings. The van der Waals surface area contributed by atoms with Crippen molar-refractivity contribution in [3.63, 3.8) is 0 Å².